The van der Waals surface area contributed by atoms with Crippen LogP contribution in [0.4, 0.5) is 5.13 Å². The number of anilines is 1. The van der Waals surface area contributed by atoms with E-state index < -0.39 is 0 Å². The zero-order valence-corrected chi connectivity index (χ0v) is 13.8. The number of rotatable bonds is 3. The average molecular weight is 308 g/mol. The number of ether oxygens (including phenoxy) is 1. The molecule has 2 heterocycles. The fourth-order valence-electron chi connectivity index (χ4n) is 3.70. The summed E-state index contributed by atoms with van der Waals surface area (Å²) >= 11 is 1.62. The Kier molecular flexibility index (Phi) is 4.20. The van der Waals surface area contributed by atoms with Gasteiger partial charge in [0, 0.05) is 18.0 Å². The molecule has 2 fully saturated rings. The molecule has 3 rings (SSSR count). The second kappa shape index (κ2) is 5.95. The molecule has 0 unspecified atom stereocenters. The van der Waals surface area contributed by atoms with E-state index in [1.807, 2.05) is 13.8 Å². The lowest BCUT2D eigenvalue weighted by Crippen LogP contribution is -2.38. The van der Waals surface area contributed by atoms with Gasteiger partial charge in [-0.15, -0.1) is 11.3 Å². The molecular weight excluding hydrogens is 284 g/mol. The third-order valence-corrected chi connectivity index (χ3v) is 6.04. The normalized spacial score (nSPS) is 21.0. The maximum absolute atomic E-state index is 11.9. The Labute approximate surface area is 130 Å². The minimum Gasteiger partial charge on any atom is -0.461 e. The number of carbonyl (C=O) groups excluding carboxylic acids is 1. The zero-order chi connectivity index (χ0) is 14.9. The van der Waals surface area contributed by atoms with Crippen molar-refractivity contribution in [3.8, 4) is 0 Å². The van der Waals surface area contributed by atoms with Crippen LogP contribution in [-0.4, -0.2) is 30.6 Å². The first-order chi connectivity index (χ1) is 10.1. The zero-order valence-electron chi connectivity index (χ0n) is 13.0. The van der Waals surface area contributed by atoms with E-state index >= 15 is 0 Å². The maximum Gasteiger partial charge on any atom is 0.358 e. The van der Waals surface area contributed by atoms with Gasteiger partial charge in [-0.2, -0.15) is 0 Å². The standard InChI is InChI=1S/C16H24N2O2S/c1-3-20-14(19)13-12(2)21-15(17-13)18-10-8-16(9-11-18)6-4-5-7-16/h3-11H2,1-2H3. The smallest absolute Gasteiger partial charge is 0.358 e. The van der Waals surface area contributed by atoms with Gasteiger partial charge in [0.25, 0.3) is 0 Å². The molecule has 116 valence electrons. The van der Waals surface area contributed by atoms with Crippen LogP contribution in [0.3, 0.4) is 0 Å². The molecule has 1 saturated heterocycles. The van der Waals surface area contributed by atoms with Gasteiger partial charge in [0.1, 0.15) is 0 Å². The van der Waals surface area contributed by atoms with Crippen LogP contribution in [0.5, 0.6) is 0 Å². The molecule has 0 bridgehead atoms. The molecule has 2 aliphatic rings. The van der Waals surface area contributed by atoms with Gasteiger partial charge >= 0.3 is 5.97 Å². The molecule has 0 atom stereocenters. The number of carbonyl (C=O) groups is 1. The van der Waals surface area contributed by atoms with Crippen molar-refractivity contribution >= 4 is 22.4 Å². The third kappa shape index (κ3) is 2.93. The van der Waals surface area contributed by atoms with Gasteiger partial charge in [-0.3, -0.25) is 0 Å². The van der Waals surface area contributed by atoms with E-state index in [-0.39, 0.29) is 5.97 Å². The lowest BCUT2D eigenvalue weighted by atomic mass is 9.77. The second-order valence-corrected chi connectivity index (χ2v) is 7.50. The monoisotopic (exact) mass is 308 g/mol. The van der Waals surface area contributed by atoms with Crippen LogP contribution < -0.4 is 4.90 Å². The Balaban J connectivity index is 1.68. The summed E-state index contributed by atoms with van der Waals surface area (Å²) in [5.74, 6) is -0.290. The average Bonchev–Trinajstić information content (AvgIpc) is 3.08. The van der Waals surface area contributed by atoms with Crippen molar-refractivity contribution < 1.29 is 9.53 Å². The van der Waals surface area contributed by atoms with Crippen molar-refractivity contribution in [1.82, 2.24) is 4.98 Å². The van der Waals surface area contributed by atoms with Crippen LogP contribution in [0.15, 0.2) is 0 Å². The highest BCUT2D eigenvalue weighted by Gasteiger charge is 2.37. The molecule has 1 spiro atoms. The van der Waals surface area contributed by atoms with Gasteiger partial charge in [-0.05, 0) is 44.9 Å². The first kappa shape index (κ1) is 14.8. The van der Waals surface area contributed by atoms with Crippen LogP contribution in [0.25, 0.3) is 0 Å². The fourth-order valence-corrected chi connectivity index (χ4v) is 4.65. The highest BCUT2D eigenvalue weighted by molar-refractivity contribution is 7.15. The van der Waals surface area contributed by atoms with E-state index in [0.717, 1.165) is 23.1 Å². The van der Waals surface area contributed by atoms with E-state index in [9.17, 15) is 4.79 Å². The first-order valence-corrected chi connectivity index (χ1v) is 8.85. The minimum absolute atomic E-state index is 0.290. The molecule has 1 aromatic rings. The van der Waals surface area contributed by atoms with Crippen molar-refractivity contribution in [2.75, 3.05) is 24.6 Å². The summed E-state index contributed by atoms with van der Waals surface area (Å²) in [6, 6.07) is 0. The van der Waals surface area contributed by atoms with Crippen LogP contribution in [0.1, 0.15) is 60.8 Å². The van der Waals surface area contributed by atoms with Crippen molar-refractivity contribution in [3.63, 3.8) is 0 Å². The van der Waals surface area contributed by atoms with E-state index in [1.54, 1.807) is 11.3 Å². The Hall–Kier alpha value is -1.10. The van der Waals surface area contributed by atoms with Crippen LogP contribution in [0, 0.1) is 12.3 Å². The summed E-state index contributed by atoms with van der Waals surface area (Å²) in [7, 11) is 0. The predicted molar refractivity (Wildman–Crippen MR) is 85.2 cm³/mol. The van der Waals surface area contributed by atoms with Crippen LogP contribution >= 0.6 is 11.3 Å². The minimum atomic E-state index is -0.290. The molecule has 1 saturated carbocycles. The number of aryl methyl sites for hydroxylation is 1. The third-order valence-electron chi connectivity index (χ3n) is 5.01. The summed E-state index contributed by atoms with van der Waals surface area (Å²) in [5, 5.41) is 0.989. The SMILES string of the molecule is CCOC(=O)c1nc(N2CCC3(CCCC3)CC2)sc1C. The first-order valence-electron chi connectivity index (χ1n) is 8.03. The van der Waals surface area contributed by atoms with Crippen LogP contribution in [0.2, 0.25) is 0 Å². The van der Waals surface area contributed by atoms with Gasteiger partial charge in [0.2, 0.25) is 0 Å². The molecule has 1 aliphatic carbocycles. The molecule has 21 heavy (non-hydrogen) atoms. The molecule has 0 aromatic carbocycles. The van der Waals surface area contributed by atoms with Gasteiger partial charge < -0.3 is 9.64 Å². The molecule has 0 radical (unpaired) electrons. The summed E-state index contributed by atoms with van der Waals surface area (Å²) < 4.78 is 5.07. The number of nitrogens with zero attached hydrogens (tertiary/aromatic N) is 2. The second-order valence-electron chi connectivity index (χ2n) is 6.32. The Morgan fingerprint density at radius 2 is 1.95 bits per heavy atom. The quantitative estimate of drug-likeness (QED) is 0.797. The summed E-state index contributed by atoms with van der Waals surface area (Å²) in [5.41, 5.74) is 1.12. The van der Waals surface area contributed by atoms with E-state index in [0.29, 0.717) is 17.7 Å². The summed E-state index contributed by atoms with van der Waals surface area (Å²) in [6.45, 7) is 6.34. The van der Waals surface area contributed by atoms with Gasteiger partial charge in [-0.1, -0.05) is 12.8 Å². The predicted octanol–water partition coefficient (Wildman–Crippen LogP) is 3.79. The van der Waals surface area contributed by atoms with Crippen molar-refractivity contribution in [2.45, 2.75) is 52.4 Å². The molecule has 5 heteroatoms. The molecular formula is C16H24N2O2S. The lowest BCUT2D eigenvalue weighted by Gasteiger charge is -2.39. The van der Waals surface area contributed by atoms with Crippen molar-refractivity contribution in [1.29, 1.82) is 0 Å². The summed E-state index contributed by atoms with van der Waals surface area (Å²) in [4.78, 5) is 19.7. The highest BCUT2D eigenvalue weighted by atomic mass is 32.1. The maximum atomic E-state index is 11.9. The highest BCUT2D eigenvalue weighted by Crippen LogP contribution is 2.47. The lowest BCUT2D eigenvalue weighted by molar-refractivity contribution is 0.0519. The Morgan fingerprint density at radius 1 is 1.29 bits per heavy atom. The number of aromatic nitrogens is 1. The van der Waals surface area contributed by atoms with Gasteiger partial charge in [-0.25, -0.2) is 9.78 Å². The Bertz CT molecular complexity index is 510. The molecule has 1 aliphatic heterocycles. The number of piperidine rings is 1. The fraction of sp³-hybridized carbons (Fsp3) is 0.750. The number of thiazole rings is 1. The molecule has 4 nitrogen and oxygen atoms in total. The molecule has 0 N–H and O–H groups in total. The van der Waals surface area contributed by atoms with Crippen LogP contribution in [-0.2, 0) is 4.74 Å². The van der Waals surface area contributed by atoms with Gasteiger partial charge in [0.15, 0.2) is 10.8 Å². The van der Waals surface area contributed by atoms with E-state index in [1.165, 1.54) is 38.5 Å². The number of hydrogen-bond donors (Lipinski definition) is 0. The number of esters is 1. The van der Waals surface area contributed by atoms with Crippen molar-refractivity contribution in [3.05, 3.63) is 10.6 Å². The topological polar surface area (TPSA) is 42.4 Å². The largest absolute Gasteiger partial charge is 0.461 e. The molecule has 0 amide bonds. The molecule has 1 aromatic heterocycles. The van der Waals surface area contributed by atoms with E-state index in [4.69, 9.17) is 4.74 Å². The van der Waals surface area contributed by atoms with Crippen molar-refractivity contribution in [2.24, 2.45) is 5.41 Å². The summed E-state index contributed by atoms with van der Waals surface area (Å²) in [6.07, 6.45) is 8.19. The Morgan fingerprint density at radius 3 is 2.57 bits per heavy atom. The van der Waals surface area contributed by atoms with Gasteiger partial charge in [0.05, 0.1) is 6.61 Å². The van der Waals surface area contributed by atoms with E-state index in [2.05, 4.69) is 9.88 Å². The number of hydrogen-bond acceptors (Lipinski definition) is 5.